The van der Waals surface area contributed by atoms with Crippen molar-refractivity contribution in [2.45, 2.75) is 20.4 Å². The Bertz CT molecular complexity index is 1540. The van der Waals surface area contributed by atoms with E-state index in [1.165, 1.54) is 5.69 Å². The third kappa shape index (κ3) is 3.85. The van der Waals surface area contributed by atoms with Crippen molar-refractivity contribution in [3.8, 4) is 11.1 Å². The van der Waals surface area contributed by atoms with Gasteiger partial charge in [0.15, 0.2) is 0 Å². The van der Waals surface area contributed by atoms with Crippen LogP contribution in [0, 0.1) is 13.8 Å². The van der Waals surface area contributed by atoms with Gasteiger partial charge >= 0.3 is 0 Å². The minimum Gasteiger partial charge on any atom is -0.455 e. The molecule has 0 unspecified atom stereocenters. The Morgan fingerprint density at radius 1 is 0.857 bits per heavy atom. The zero-order chi connectivity index (χ0) is 23.9. The van der Waals surface area contributed by atoms with Crippen LogP contribution >= 0.6 is 0 Å². The van der Waals surface area contributed by atoms with E-state index in [-0.39, 0.29) is 5.91 Å². The second-order valence-electron chi connectivity index (χ2n) is 9.25. The maximum Gasteiger partial charge on any atom is 0.244 e. The summed E-state index contributed by atoms with van der Waals surface area (Å²) in [5.41, 5.74) is 7.20. The van der Waals surface area contributed by atoms with Gasteiger partial charge in [-0.25, -0.2) is 0 Å². The van der Waals surface area contributed by atoms with Crippen molar-refractivity contribution in [3.05, 3.63) is 84.2 Å². The Morgan fingerprint density at radius 3 is 2.37 bits per heavy atom. The summed E-state index contributed by atoms with van der Waals surface area (Å²) in [6.07, 6.45) is 0. The summed E-state index contributed by atoms with van der Waals surface area (Å²) in [5.74, 6) is 0.121. The van der Waals surface area contributed by atoms with Crippen LogP contribution in [0.2, 0.25) is 0 Å². The number of aromatic nitrogens is 2. The number of para-hydroxylation sites is 3. The molecule has 1 aliphatic rings. The Morgan fingerprint density at radius 2 is 1.57 bits per heavy atom. The molecule has 0 atom stereocenters. The van der Waals surface area contributed by atoms with Gasteiger partial charge in [-0.2, -0.15) is 5.10 Å². The Hall–Kier alpha value is -4.06. The van der Waals surface area contributed by atoms with Crippen LogP contribution in [0.1, 0.15) is 11.4 Å². The fraction of sp³-hybridized carbons (Fsp3) is 0.241. The molecule has 3 aromatic carbocycles. The maximum absolute atomic E-state index is 12.9. The predicted molar refractivity (Wildman–Crippen MR) is 140 cm³/mol. The number of benzene rings is 3. The van der Waals surface area contributed by atoms with Crippen molar-refractivity contribution in [2.75, 3.05) is 31.1 Å². The molecule has 176 valence electrons. The molecular weight excluding hydrogens is 436 g/mol. The highest BCUT2D eigenvalue weighted by Crippen LogP contribution is 2.39. The Labute approximate surface area is 204 Å². The van der Waals surface area contributed by atoms with Crippen molar-refractivity contribution >= 4 is 33.5 Å². The number of fused-ring (bicyclic) bond motifs is 3. The first kappa shape index (κ1) is 21.5. The molecule has 1 aliphatic heterocycles. The molecule has 0 aliphatic carbocycles. The second-order valence-corrected chi connectivity index (χ2v) is 9.25. The molecule has 0 bridgehead atoms. The van der Waals surface area contributed by atoms with Crippen LogP contribution in [-0.4, -0.2) is 46.8 Å². The average molecular weight is 465 g/mol. The SMILES string of the molecule is Cc1cc(C)n(CC(=O)N2CCN(c3ccccc3-c3cccc4c3oc3ccccc34)CC2)n1. The number of anilines is 1. The van der Waals surface area contributed by atoms with E-state index in [0.29, 0.717) is 19.6 Å². The molecule has 2 aromatic heterocycles. The van der Waals surface area contributed by atoms with Crippen LogP contribution in [0.25, 0.3) is 33.1 Å². The second kappa shape index (κ2) is 8.62. The van der Waals surface area contributed by atoms with Gasteiger partial charge in [0.05, 0.1) is 5.69 Å². The predicted octanol–water partition coefficient (Wildman–Crippen LogP) is 5.42. The number of hydrogen-bond acceptors (Lipinski definition) is 4. The van der Waals surface area contributed by atoms with E-state index in [0.717, 1.165) is 57.5 Å². The maximum atomic E-state index is 12.9. The van der Waals surface area contributed by atoms with Gasteiger partial charge < -0.3 is 14.2 Å². The zero-order valence-electron chi connectivity index (χ0n) is 20.1. The van der Waals surface area contributed by atoms with E-state index in [1.807, 2.05) is 43.0 Å². The smallest absolute Gasteiger partial charge is 0.244 e. The molecule has 1 fully saturated rings. The van der Waals surface area contributed by atoms with Crippen LogP contribution < -0.4 is 4.90 Å². The summed E-state index contributed by atoms with van der Waals surface area (Å²) in [6, 6.07) is 25.1. The molecule has 5 aromatic rings. The summed E-state index contributed by atoms with van der Waals surface area (Å²) < 4.78 is 8.12. The molecule has 6 rings (SSSR count). The number of amides is 1. The number of nitrogens with zero attached hydrogens (tertiary/aromatic N) is 4. The van der Waals surface area contributed by atoms with Crippen LogP contribution in [0.3, 0.4) is 0 Å². The molecule has 35 heavy (non-hydrogen) atoms. The first-order chi connectivity index (χ1) is 17.1. The lowest BCUT2D eigenvalue weighted by Gasteiger charge is -2.37. The molecule has 6 nitrogen and oxygen atoms in total. The van der Waals surface area contributed by atoms with Gasteiger partial charge in [0, 0.05) is 59.5 Å². The van der Waals surface area contributed by atoms with E-state index in [9.17, 15) is 4.79 Å². The minimum absolute atomic E-state index is 0.121. The lowest BCUT2D eigenvalue weighted by atomic mass is 9.99. The summed E-state index contributed by atoms with van der Waals surface area (Å²) in [4.78, 5) is 17.3. The topological polar surface area (TPSA) is 54.5 Å². The van der Waals surface area contributed by atoms with Crippen LogP contribution in [0.5, 0.6) is 0 Å². The standard InChI is InChI=1S/C29H28N4O2/c1-20-18-21(2)33(30-20)19-28(34)32-16-14-31(15-17-32)26-12-5-3-8-22(26)24-10-7-11-25-23-9-4-6-13-27(23)35-29(24)25/h3-13,18H,14-17,19H2,1-2H3. The monoisotopic (exact) mass is 464 g/mol. The number of furan rings is 1. The highest BCUT2D eigenvalue weighted by molar-refractivity contribution is 6.10. The van der Waals surface area contributed by atoms with Crippen LogP contribution in [0.15, 0.2) is 77.2 Å². The van der Waals surface area contributed by atoms with Crippen LogP contribution in [0.4, 0.5) is 5.69 Å². The number of carbonyl (C=O) groups is 1. The molecule has 0 radical (unpaired) electrons. The molecular formula is C29H28N4O2. The van der Waals surface area contributed by atoms with Crippen LogP contribution in [-0.2, 0) is 11.3 Å². The normalized spacial score (nSPS) is 14.2. The third-order valence-corrected chi connectivity index (χ3v) is 6.96. The zero-order valence-corrected chi connectivity index (χ0v) is 20.1. The van der Waals surface area contributed by atoms with Gasteiger partial charge in [0.1, 0.15) is 17.7 Å². The molecule has 6 heteroatoms. The van der Waals surface area contributed by atoms with E-state index in [1.54, 1.807) is 4.68 Å². The number of rotatable bonds is 4. The highest BCUT2D eigenvalue weighted by atomic mass is 16.3. The van der Waals surface area contributed by atoms with E-state index in [2.05, 4.69) is 58.5 Å². The van der Waals surface area contributed by atoms with E-state index in [4.69, 9.17) is 4.42 Å². The van der Waals surface area contributed by atoms with E-state index >= 15 is 0 Å². The van der Waals surface area contributed by atoms with Crippen molar-refractivity contribution in [1.82, 2.24) is 14.7 Å². The Balaban J connectivity index is 1.26. The molecule has 1 amide bonds. The van der Waals surface area contributed by atoms with Gasteiger partial charge in [0.25, 0.3) is 0 Å². The highest BCUT2D eigenvalue weighted by Gasteiger charge is 2.24. The van der Waals surface area contributed by atoms with Crippen molar-refractivity contribution in [1.29, 1.82) is 0 Å². The lowest BCUT2D eigenvalue weighted by Crippen LogP contribution is -2.49. The third-order valence-electron chi connectivity index (χ3n) is 6.96. The largest absolute Gasteiger partial charge is 0.455 e. The van der Waals surface area contributed by atoms with Gasteiger partial charge in [-0.1, -0.05) is 54.6 Å². The number of piperazine rings is 1. The number of hydrogen-bond donors (Lipinski definition) is 0. The average Bonchev–Trinajstić information content (AvgIpc) is 3.42. The summed E-state index contributed by atoms with van der Waals surface area (Å²) in [6.45, 7) is 7.21. The van der Waals surface area contributed by atoms with Crippen molar-refractivity contribution in [2.24, 2.45) is 0 Å². The molecule has 1 saturated heterocycles. The summed E-state index contributed by atoms with van der Waals surface area (Å²) in [5, 5.41) is 6.71. The summed E-state index contributed by atoms with van der Waals surface area (Å²) in [7, 11) is 0. The first-order valence-corrected chi connectivity index (χ1v) is 12.1. The fourth-order valence-corrected chi connectivity index (χ4v) is 5.20. The summed E-state index contributed by atoms with van der Waals surface area (Å²) >= 11 is 0. The van der Waals surface area contributed by atoms with Crippen molar-refractivity contribution in [3.63, 3.8) is 0 Å². The Kier molecular flexibility index (Phi) is 5.29. The van der Waals surface area contributed by atoms with Gasteiger partial charge in [0.2, 0.25) is 5.91 Å². The number of aryl methyl sites for hydroxylation is 2. The molecule has 0 N–H and O–H groups in total. The first-order valence-electron chi connectivity index (χ1n) is 12.1. The van der Waals surface area contributed by atoms with Gasteiger partial charge in [-0.15, -0.1) is 0 Å². The van der Waals surface area contributed by atoms with Gasteiger partial charge in [-0.3, -0.25) is 9.48 Å². The quantitative estimate of drug-likeness (QED) is 0.357. The number of carbonyl (C=O) groups excluding carboxylic acids is 1. The van der Waals surface area contributed by atoms with E-state index < -0.39 is 0 Å². The molecule has 3 heterocycles. The fourth-order valence-electron chi connectivity index (χ4n) is 5.20. The lowest BCUT2D eigenvalue weighted by molar-refractivity contribution is -0.132. The molecule has 0 spiro atoms. The van der Waals surface area contributed by atoms with Crippen molar-refractivity contribution < 1.29 is 9.21 Å². The molecule has 0 saturated carbocycles. The minimum atomic E-state index is 0.121. The van der Waals surface area contributed by atoms with Gasteiger partial charge in [-0.05, 0) is 32.0 Å².